The van der Waals surface area contributed by atoms with Crippen LogP contribution >= 0.6 is 0 Å². The van der Waals surface area contributed by atoms with E-state index in [4.69, 9.17) is 0 Å². The number of allylic oxidation sites excluding steroid dienone is 3. The normalized spacial score (nSPS) is 10.8. The van der Waals surface area contributed by atoms with Gasteiger partial charge >= 0.3 is 0 Å². The van der Waals surface area contributed by atoms with Crippen LogP contribution in [0.5, 0.6) is 0 Å². The molecule has 0 spiro atoms. The van der Waals surface area contributed by atoms with Gasteiger partial charge in [-0.1, -0.05) is 6.58 Å². The van der Waals surface area contributed by atoms with Crippen molar-refractivity contribution in [2.75, 3.05) is 0 Å². The molecule has 0 amide bonds. The number of hydrogen-bond donors (Lipinski definition) is 0. The molecule has 0 aromatic rings. The van der Waals surface area contributed by atoms with Crippen LogP contribution in [0, 0.1) is 0 Å². The zero-order chi connectivity index (χ0) is 8.15. The van der Waals surface area contributed by atoms with Gasteiger partial charge in [-0.3, -0.25) is 9.59 Å². The van der Waals surface area contributed by atoms with Gasteiger partial charge in [-0.2, -0.15) is 0 Å². The van der Waals surface area contributed by atoms with Gasteiger partial charge in [-0.15, -0.1) is 0 Å². The molecule has 2 nitrogen and oxygen atoms in total. The second-order valence-electron chi connectivity index (χ2n) is 1.99. The van der Waals surface area contributed by atoms with Gasteiger partial charge < -0.3 is 0 Å². The lowest BCUT2D eigenvalue weighted by molar-refractivity contribution is -0.114. The van der Waals surface area contributed by atoms with Crippen LogP contribution in [-0.4, -0.2) is 11.6 Å². The first-order valence-electron chi connectivity index (χ1n) is 2.93. The molecule has 0 aromatic carbocycles. The average Bonchev–Trinajstić information content (AvgIpc) is 1.87. The van der Waals surface area contributed by atoms with Crippen LogP contribution in [0.2, 0.25) is 0 Å². The summed E-state index contributed by atoms with van der Waals surface area (Å²) in [5.41, 5.74) is 0.463. The maximum atomic E-state index is 10.6. The molecule has 0 aromatic heterocycles. The van der Waals surface area contributed by atoms with E-state index in [2.05, 4.69) is 6.58 Å². The number of Topliss-reactive ketones (excluding diaryl/α,β-unsaturated/α-hetero) is 1. The molecule has 0 aliphatic heterocycles. The Morgan fingerprint density at radius 3 is 2.10 bits per heavy atom. The summed E-state index contributed by atoms with van der Waals surface area (Å²) < 4.78 is 0. The minimum Gasteiger partial charge on any atom is -0.295 e. The van der Waals surface area contributed by atoms with Gasteiger partial charge in [-0.05, 0) is 31.6 Å². The van der Waals surface area contributed by atoms with Crippen LogP contribution in [0.3, 0.4) is 0 Å². The van der Waals surface area contributed by atoms with Gasteiger partial charge in [0.1, 0.15) is 0 Å². The molecule has 0 unspecified atom stereocenters. The molecule has 0 radical (unpaired) electrons. The Balaban J connectivity index is 4.30. The molecule has 0 heterocycles. The van der Waals surface area contributed by atoms with Crippen LogP contribution in [0.25, 0.3) is 0 Å². The third-order valence-electron chi connectivity index (χ3n) is 1.12. The number of ketones is 2. The molecule has 0 aliphatic rings. The van der Waals surface area contributed by atoms with E-state index in [9.17, 15) is 9.59 Å². The maximum Gasteiger partial charge on any atom is 0.178 e. The molecule has 0 atom stereocenters. The number of hydrogen-bond acceptors (Lipinski definition) is 2. The zero-order valence-corrected chi connectivity index (χ0v) is 6.18. The zero-order valence-electron chi connectivity index (χ0n) is 6.18. The highest BCUT2D eigenvalue weighted by atomic mass is 16.1. The number of carbonyl (C=O) groups is 2. The van der Waals surface area contributed by atoms with Crippen LogP contribution in [0.1, 0.15) is 13.8 Å². The summed E-state index contributed by atoms with van der Waals surface area (Å²) in [6, 6.07) is 0. The lowest BCUT2D eigenvalue weighted by Crippen LogP contribution is -1.95. The summed E-state index contributed by atoms with van der Waals surface area (Å²) >= 11 is 0. The van der Waals surface area contributed by atoms with Gasteiger partial charge in [0.05, 0.1) is 0 Å². The third-order valence-corrected chi connectivity index (χ3v) is 1.12. The van der Waals surface area contributed by atoms with Crippen LogP contribution < -0.4 is 0 Å². The summed E-state index contributed by atoms with van der Waals surface area (Å²) in [5, 5.41) is 0. The first kappa shape index (κ1) is 8.82. The molecule has 54 valence electrons. The number of carbonyl (C=O) groups excluding carboxylic acids is 2. The molecule has 0 fully saturated rings. The monoisotopic (exact) mass is 138 g/mol. The molecule has 0 saturated heterocycles. The van der Waals surface area contributed by atoms with Gasteiger partial charge in [0.2, 0.25) is 0 Å². The van der Waals surface area contributed by atoms with Crippen molar-refractivity contribution in [2.45, 2.75) is 13.8 Å². The molecule has 0 aliphatic carbocycles. The van der Waals surface area contributed by atoms with Crippen LogP contribution in [0.15, 0.2) is 24.3 Å². The smallest absolute Gasteiger partial charge is 0.178 e. The topological polar surface area (TPSA) is 34.1 Å². The predicted octanol–water partition coefficient (Wildman–Crippen LogP) is 1.28. The van der Waals surface area contributed by atoms with Crippen molar-refractivity contribution in [3.8, 4) is 0 Å². The standard InChI is InChI=1S/C8H10O2/c1-4-8(10)5-6(2)7(3)9/h4-5H,1H2,2-3H3. The summed E-state index contributed by atoms with van der Waals surface area (Å²) in [6.07, 6.45) is 2.45. The van der Waals surface area contributed by atoms with Gasteiger partial charge in [0, 0.05) is 0 Å². The largest absolute Gasteiger partial charge is 0.295 e. The minimum atomic E-state index is -0.229. The average molecular weight is 138 g/mol. The van der Waals surface area contributed by atoms with E-state index in [-0.39, 0.29) is 11.6 Å². The fourth-order valence-electron chi connectivity index (χ4n) is 0.374. The molecule has 0 saturated carbocycles. The Bertz CT molecular complexity index is 199. The second-order valence-corrected chi connectivity index (χ2v) is 1.99. The third kappa shape index (κ3) is 2.97. The Hall–Kier alpha value is -1.18. The van der Waals surface area contributed by atoms with Crippen molar-refractivity contribution < 1.29 is 9.59 Å². The molecule has 0 N–H and O–H groups in total. The Labute approximate surface area is 60.2 Å². The van der Waals surface area contributed by atoms with Crippen molar-refractivity contribution in [1.82, 2.24) is 0 Å². The van der Waals surface area contributed by atoms with Crippen LogP contribution in [0.4, 0.5) is 0 Å². The van der Waals surface area contributed by atoms with Crippen molar-refractivity contribution in [3.63, 3.8) is 0 Å². The van der Waals surface area contributed by atoms with Gasteiger partial charge in [0.25, 0.3) is 0 Å². The van der Waals surface area contributed by atoms with E-state index >= 15 is 0 Å². The van der Waals surface area contributed by atoms with E-state index in [0.717, 1.165) is 0 Å². The van der Waals surface area contributed by atoms with Crippen molar-refractivity contribution >= 4 is 11.6 Å². The molecule has 0 bridgehead atoms. The van der Waals surface area contributed by atoms with E-state index in [1.807, 2.05) is 0 Å². The summed E-state index contributed by atoms with van der Waals surface area (Å²) in [4.78, 5) is 21.1. The fourth-order valence-corrected chi connectivity index (χ4v) is 0.374. The highest BCUT2D eigenvalue weighted by Crippen LogP contribution is 1.93. The van der Waals surface area contributed by atoms with Crippen molar-refractivity contribution in [3.05, 3.63) is 24.3 Å². The van der Waals surface area contributed by atoms with Gasteiger partial charge in [0.15, 0.2) is 11.6 Å². The summed E-state index contributed by atoms with van der Waals surface area (Å²) in [5.74, 6) is -0.317. The molecule has 2 heteroatoms. The quantitative estimate of drug-likeness (QED) is 0.550. The summed E-state index contributed by atoms with van der Waals surface area (Å²) in [7, 11) is 0. The molecule has 0 rings (SSSR count). The second kappa shape index (κ2) is 3.77. The Kier molecular flexibility index (Phi) is 3.33. The minimum absolute atomic E-state index is 0.0878. The predicted molar refractivity (Wildman–Crippen MR) is 39.6 cm³/mol. The van der Waals surface area contributed by atoms with E-state index in [1.165, 1.54) is 19.1 Å². The Morgan fingerprint density at radius 1 is 1.30 bits per heavy atom. The SMILES string of the molecule is C=CC(=O)C=C(C)C(C)=O. The highest BCUT2D eigenvalue weighted by Gasteiger charge is 1.96. The van der Waals surface area contributed by atoms with E-state index < -0.39 is 0 Å². The number of rotatable bonds is 3. The highest BCUT2D eigenvalue weighted by molar-refractivity contribution is 6.05. The van der Waals surface area contributed by atoms with Gasteiger partial charge in [-0.25, -0.2) is 0 Å². The molecular weight excluding hydrogens is 128 g/mol. The van der Waals surface area contributed by atoms with E-state index in [0.29, 0.717) is 5.57 Å². The van der Waals surface area contributed by atoms with E-state index in [1.54, 1.807) is 6.92 Å². The van der Waals surface area contributed by atoms with Crippen LogP contribution in [-0.2, 0) is 9.59 Å². The first-order valence-corrected chi connectivity index (χ1v) is 2.93. The first-order chi connectivity index (χ1) is 4.57. The van der Waals surface area contributed by atoms with Crippen molar-refractivity contribution in [1.29, 1.82) is 0 Å². The maximum absolute atomic E-state index is 10.6. The Morgan fingerprint density at radius 2 is 1.80 bits per heavy atom. The lowest BCUT2D eigenvalue weighted by Gasteiger charge is -1.89. The summed E-state index contributed by atoms with van der Waals surface area (Å²) in [6.45, 7) is 6.29. The molecule has 10 heavy (non-hydrogen) atoms. The fraction of sp³-hybridized carbons (Fsp3) is 0.250. The van der Waals surface area contributed by atoms with Crippen molar-refractivity contribution in [2.24, 2.45) is 0 Å². The molecular formula is C8H10O2. The lowest BCUT2D eigenvalue weighted by atomic mass is 10.2.